The van der Waals surface area contributed by atoms with E-state index in [0.29, 0.717) is 18.8 Å². The Labute approximate surface area is 173 Å². The Kier molecular flexibility index (Phi) is 6.09. The molecule has 3 N–H and O–H groups in total. The number of halogens is 3. The van der Waals surface area contributed by atoms with Gasteiger partial charge in [0.15, 0.2) is 0 Å². The predicted molar refractivity (Wildman–Crippen MR) is 104 cm³/mol. The van der Waals surface area contributed by atoms with Gasteiger partial charge in [0.05, 0.1) is 11.7 Å². The van der Waals surface area contributed by atoms with Gasteiger partial charge in [-0.1, -0.05) is 18.2 Å². The van der Waals surface area contributed by atoms with Crippen LogP contribution in [0.1, 0.15) is 47.8 Å². The SMILES string of the molecule is OCC1C(O)CC(NCc2ccccc2C(F)(F)F)C1Cc1ccnc(C2CC2)n1. The molecule has 1 heterocycles. The molecule has 4 rings (SSSR count). The van der Waals surface area contributed by atoms with Crippen LogP contribution in [0.25, 0.3) is 0 Å². The van der Waals surface area contributed by atoms with Gasteiger partial charge in [0.2, 0.25) is 0 Å². The number of rotatable bonds is 7. The zero-order valence-electron chi connectivity index (χ0n) is 16.5. The maximum atomic E-state index is 13.3. The summed E-state index contributed by atoms with van der Waals surface area (Å²) in [6, 6.07) is 7.12. The van der Waals surface area contributed by atoms with Gasteiger partial charge in [-0.05, 0) is 49.3 Å². The number of alkyl halides is 3. The number of benzene rings is 1. The van der Waals surface area contributed by atoms with Crippen molar-refractivity contribution < 1.29 is 23.4 Å². The van der Waals surface area contributed by atoms with Crippen LogP contribution in [-0.4, -0.2) is 38.9 Å². The summed E-state index contributed by atoms with van der Waals surface area (Å²) in [4.78, 5) is 8.97. The van der Waals surface area contributed by atoms with Crippen LogP contribution in [0.4, 0.5) is 13.2 Å². The smallest absolute Gasteiger partial charge is 0.396 e. The second kappa shape index (κ2) is 8.61. The van der Waals surface area contributed by atoms with Crippen molar-refractivity contribution >= 4 is 0 Å². The number of nitrogens with one attached hydrogen (secondary N) is 1. The molecule has 0 spiro atoms. The molecule has 0 radical (unpaired) electrons. The third-order valence-electron chi connectivity index (χ3n) is 6.26. The van der Waals surface area contributed by atoms with Crippen molar-refractivity contribution in [3.05, 3.63) is 59.2 Å². The van der Waals surface area contributed by atoms with Crippen molar-refractivity contribution in [1.82, 2.24) is 15.3 Å². The minimum absolute atomic E-state index is 0.0405. The normalized spacial score (nSPS) is 26.8. The maximum absolute atomic E-state index is 13.3. The Hall–Kier alpha value is -2.03. The highest BCUT2D eigenvalue weighted by atomic mass is 19.4. The molecule has 162 valence electrons. The molecular weight excluding hydrogens is 395 g/mol. The number of hydrogen-bond acceptors (Lipinski definition) is 5. The standard InChI is InChI=1S/C22H26F3N3O2/c23-22(24,25)18-4-2-1-3-14(18)11-27-19-10-20(30)17(12-29)16(19)9-15-7-8-26-21(28-15)13-5-6-13/h1-4,7-8,13,16-17,19-20,27,29-30H,5-6,9-12H2. The molecule has 4 atom stereocenters. The van der Waals surface area contributed by atoms with E-state index in [2.05, 4.69) is 15.3 Å². The Bertz CT molecular complexity index is 873. The third kappa shape index (κ3) is 4.66. The van der Waals surface area contributed by atoms with Gasteiger partial charge >= 0.3 is 6.18 Å². The first-order chi connectivity index (χ1) is 14.4. The van der Waals surface area contributed by atoms with E-state index in [4.69, 9.17) is 0 Å². The van der Waals surface area contributed by atoms with E-state index in [9.17, 15) is 23.4 Å². The third-order valence-corrected chi connectivity index (χ3v) is 6.26. The zero-order valence-corrected chi connectivity index (χ0v) is 16.5. The van der Waals surface area contributed by atoms with E-state index in [0.717, 1.165) is 30.4 Å². The van der Waals surface area contributed by atoms with E-state index < -0.39 is 17.8 Å². The summed E-state index contributed by atoms with van der Waals surface area (Å²) < 4.78 is 39.9. The number of aromatic nitrogens is 2. The molecule has 1 aromatic carbocycles. The fourth-order valence-corrected chi connectivity index (χ4v) is 4.48. The van der Waals surface area contributed by atoms with Gasteiger partial charge in [-0.3, -0.25) is 0 Å². The van der Waals surface area contributed by atoms with E-state index >= 15 is 0 Å². The largest absolute Gasteiger partial charge is 0.416 e. The van der Waals surface area contributed by atoms with Gasteiger partial charge in [-0.15, -0.1) is 0 Å². The summed E-state index contributed by atoms with van der Waals surface area (Å²) in [7, 11) is 0. The molecule has 2 aliphatic rings. The molecule has 5 nitrogen and oxygen atoms in total. The summed E-state index contributed by atoms with van der Waals surface area (Å²) >= 11 is 0. The van der Waals surface area contributed by atoms with Gasteiger partial charge in [-0.25, -0.2) is 9.97 Å². The van der Waals surface area contributed by atoms with E-state index in [1.165, 1.54) is 12.1 Å². The molecule has 2 saturated carbocycles. The first kappa shape index (κ1) is 21.2. The van der Waals surface area contributed by atoms with E-state index in [-0.39, 0.29) is 36.6 Å². The van der Waals surface area contributed by atoms with Gasteiger partial charge in [0, 0.05) is 42.9 Å². The van der Waals surface area contributed by atoms with E-state index in [1.807, 2.05) is 6.07 Å². The lowest BCUT2D eigenvalue weighted by Gasteiger charge is -2.25. The summed E-state index contributed by atoms with van der Waals surface area (Å²) in [5, 5.41) is 23.5. The molecule has 0 amide bonds. The highest BCUT2D eigenvalue weighted by Crippen LogP contribution is 2.39. The minimum Gasteiger partial charge on any atom is -0.396 e. The predicted octanol–water partition coefficient (Wildman–Crippen LogP) is 3.06. The van der Waals surface area contributed by atoms with Gasteiger partial charge in [-0.2, -0.15) is 13.2 Å². The molecule has 2 fully saturated rings. The molecular formula is C22H26F3N3O2. The number of aliphatic hydroxyl groups excluding tert-OH is 2. The molecule has 0 saturated heterocycles. The van der Waals surface area contributed by atoms with Crippen LogP contribution in [0.2, 0.25) is 0 Å². The molecule has 4 unspecified atom stereocenters. The molecule has 2 aliphatic carbocycles. The zero-order chi connectivity index (χ0) is 21.3. The lowest BCUT2D eigenvalue weighted by atomic mass is 9.88. The van der Waals surface area contributed by atoms with Crippen molar-refractivity contribution in [2.75, 3.05) is 6.61 Å². The Morgan fingerprint density at radius 1 is 1.10 bits per heavy atom. The molecule has 8 heteroatoms. The summed E-state index contributed by atoms with van der Waals surface area (Å²) in [5.41, 5.74) is 0.354. The Morgan fingerprint density at radius 3 is 2.57 bits per heavy atom. The van der Waals surface area contributed by atoms with Crippen LogP contribution in [-0.2, 0) is 19.1 Å². The van der Waals surface area contributed by atoms with Crippen molar-refractivity contribution in [3.8, 4) is 0 Å². The summed E-state index contributed by atoms with van der Waals surface area (Å²) in [5.74, 6) is 0.764. The molecule has 1 aromatic heterocycles. The Morgan fingerprint density at radius 2 is 1.87 bits per heavy atom. The van der Waals surface area contributed by atoms with Gasteiger partial charge in [0.25, 0.3) is 0 Å². The molecule has 2 aromatic rings. The van der Waals surface area contributed by atoms with Crippen LogP contribution >= 0.6 is 0 Å². The Balaban J connectivity index is 1.50. The van der Waals surface area contributed by atoms with Crippen LogP contribution < -0.4 is 5.32 Å². The first-order valence-corrected chi connectivity index (χ1v) is 10.4. The molecule has 0 aliphatic heterocycles. The lowest BCUT2D eigenvalue weighted by Crippen LogP contribution is -2.36. The number of hydrogen-bond donors (Lipinski definition) is 3. The lowest BCUT2D eigenvalue weighted by molar-refractivity contribution is -0.138. The highest BCUT2D eigenvalue weighted by molar-refractivity contribution is 5.29. The monoisotopic (exact) mass is 421 g/mol. The van der Waals surface area contributed by atoms with Gasteiger partial charge < -0.3 is 15.5 Å². The highest BCUT2D eigenvalue weighted by Gasteiger charge is 2.42. The number of nitrogens with zero attached hydrogens (tertiary/aromatic N) is 2. The van der Waals surface area contributed by atoms with E-state index in [1.54, 1.807) is 12.3 Å². The molecule has 30 heavy (non-hydrogen) atoms. The molecule has 0 bridgehead atoms. The summed E-state index contributed by atoms with van der Waals surface area (Å²) in [6.45, 7) is -0.136. The minimum atomic E-state index is -4.42. The van der Waals surface area contributed by atoms with Crippen LogP contribution in [0.3, 0.4) is 0 Å². The fourth-order valence-electron chi connectivity index (χ4n) is 4.48. The van der Waals surface area contributed by atoms with Crippen molar-refractivity contribution in [2.24, 2.45) is 11.8 Å². The van der Waals surface area contributed by atoms with Gasteiger partial charge in [0.1, 0.15) is 5.82 Å². The van der Waals surface area contributed by atoms with Crippen molar-refractivity contribution in [3.63, 3.8) is 0 Å². The van der Waals surface area contributed by atoms with Crippen LogP contribution in [0, 0.1) is 11.8 Å². The van der Waals surface area contributed by atoms with Crippen molar-refractivity contribution in [1.29, 1.82) is 0 Å². The maximum Gasteiger partial charge on any atom is 0.416 e. The van der Waals surface area contributed by atoms with Crippen LogP contribution in [0.15, 0.2) is 36.5 Å². The van der Waals surface area contributed by atoms with Crippen molar-refractivity contribution in [2.45, 2.75) is 56.5 Å². The topological polar surface area (TPSA) is 78.3 Å². The van der Waals surface area contributed by atoms with Crippen LogP contribution in [0.5, 0.6) is 0 Å². The average Bonchev–Trinajstić information content (AvgIpc) is 3.52. The second-order valence-corrected chi connectivity index (χ2v) is 8.34. The second-order valence-electron chi connectivity index (χ2n) is 8.34. The summed E-state index contributed by atoms with van der Waals surface area (Å²) in [6.07, 6.45) is -0.298. The average molecular weight is 421 g/mol. The first-order valence-electron chi connectivity index (χ1n) is 10.4. The quantitative estimate of drug-likeness (QED) is 0.641. The number of aliphatic hydroxyl groups is 2. The fraction of sp³-hybridized carbons (Fsp3) is 0.545.